The Balaban J connectivity index is 2.33. The highest BCUT2D eigenvalue weighted by molar-refractivity contribution is 9.10. The van der Waals surface area contributed by atoms with Crippen molar-refractivity contribution in [1.29, 1.82) is 0 Å². The molecule has 0 fully saturated rings. The molecule has 5 heteroatoms. The molecule has 0 N–H and O–H groups in total. The fraction of sp³-hybridized carbons (Fsp3) is 0. The van der Waals surface area contributed by atoms with Gasteiger partial charge < -0.3 is 0 Å². The van der Waals surface area contributed by atoms with Crippen molar-refractivity contribution < 1.29 is 0 Å². The minimum Gasteiger partial charge on any atom is -0.283 e. The van der Waals surface area contributed by atoms with Crippen LogP contribution in [0.4, 0.5) is 0 Å². The van der Waals surface area contributed by atoms with Gasteiger partial charge in [-0.15, -0.1) is 0 Å². The van der Waals surface area contributed by atoms with Crippen LogP contribution in [0, 0.1) is 0 Å². The van der Waals surface area contributed by atoms with Crippen LogP contribution >= 0.6 is 15.9 Å². The minimum atomic E-state index is 0.743. The Kier molecular flexibility index (Phi) is 2.18. The lowest BCUT2D eigenvalue weighted by Crippen LogP contribution is -1.90. The number of nitrogens with zero attached hydrogens (tertiary/aromatic N) is 4. The van der Waals surface area contributed by atoms with Crippen LogP contribution in [0.25, 0.3) is 17.0 Å². The number of hydrogen-bond donors (Lipinski definition) is 0. The van der Waals surface area contributed by atoms with Crippen LogP contribution in [0.2, 0.25) is 0 Å². The van der Waals surface area contributed by atoms with E-state index in [2.05, 4.69) is 30.9 Å². The average Bonchev–Trinajstić information content (AvgIpc) is 2.69. The van der Waals surface area contributed by atoms with E-state index < -0.39 is 0 Å². The molecule has 78 valence electrons. The Bertz CT molecular complexity index is 633. The summed E-state index contributed by atoms with van der Waals surface area (Å²) in [4.78, 5) is 12.8. The Morgan fingerprint density at radius 2 is 2.12 bits per heavy atom. The summed E-state index contributed by atoms with van der Waals surface area (Å²) in [5.74, 6) is 0.836. The number of fused-ring (bicyclic) bond motifs is 1. The third-order valence-electron chi connectivity index (χ3n) is 2.28. The van der Waals surface area contributed by atoms with Crippen molar-refractivity contribution in [2.24, 2.45) is 0 Å². The highest BCUT2D eigenvalue weighted by Crippen LogP contribution is 2.23. The van der Waals surface area contributed by atoms with Crippen LogP contribution in [0.1, 0.15) is 0 Å². The first kappa shape index (κ1) is 9.47. The standard InChI is InChI=1S/C11H7BrN4/c12-9-11-14-5-2-6-16(11)10(15-9)8-3-1-4-13-7-8/h1-7H. The Morgan fingerprint density at radius 1 is 1.19 bits per heavy atom. The van der Waals surface area contributed by atoms with E-state index in [4.69, 9.17) is 0 Å². The van der Waals surface area contributed by atoms with Gasteiger partial charge >= 0.3 is 0 Å². The second-order valence-corrected chi connectivity index (χ2v) is 4.03. The van der Waals surface area contributed by atoms with Crippen molar-refractivity contribution in [3.05, 3.63) is 47.6 Å². The smallest absolute Gasteiger partial charge is 0.171 e. The summed E-state index contributed by atoms with van der Waals surface area (Å²) in [6.07, 6.45) is 7.21. The van der Waals surface area contributed by atoms with Crippen LogP contribution < -0.4 is 0 Å². The molecule has 0 radical (unpaired) electrons. The van der Waals surface area contributed by atoms with Gasteiger partial charge in [-0.05, 0) is 34.1 Å². The van der Waals surface area contributed by atoms with Gasteiger partial charge in [0.1, 0.15) is 5.82 Å². The van der Waals surface area contributed by atoms with Crippen molar-refractivity contribution >= 4 is 21.6 Å². The topological polar surface area (TPSA) is 43.1 Å². The van der Waals surface area contributed by atoms with Gasteiger partial charge in [-0.2, -0.15) is 0 Å². The number of aromatic nitrogens is 4. The largest absolute Gasteiger partial charge is 0.283 e. The summed E-state index contributed by atoms with van der Waals surface area (Å²) in [6, 6.07) is 5.74. The number of pyridine rings is 1. The summed E-state index contributed by atoms with van der Waals surface area (Å²) >= 11 is 3.40. The summed E-state index contributed by atoms with van der Waals surface area (Å²) in [5.41, 5.74) is 1.78. The van der Waals surface area contributed by atoms with Gasteiger partial charge in [-0.1, -0.05) is 0 Å². The molecule has 0 aliphatic rings. The lowest BCUT2D eigenvalue weighted by atomic mass is 10.3. The maximum absolute atomic E-state index is 4.44. The molecule has 3 rings (SSSR count). The minimum absolute atomic E-state index is 0.743. The highest BCUT2D eigenvalue weighted by Gasteiger charge is 2.10. The maximum atomic E-state index is 4.44. The molecule has 0 aliphatic carbocycles. The second-order valence-electron chi connectivity index (χ2n) is 3.28. The summed E-state index contributed by atoms with van der Waals surface area (Å²) in [5, 5.41) is 0. The molecular formula is C11H7BrN4. The summed E-state index contributed by atoms with van der Waals surface area (Å²) < 4.78 is 2.67. The fourth-order valence-corrected chi connectivity index (χ4v) is 2.05. The average molecular weight is 275 g/mol. The molecule has 16 heavy (non-hydrogen) atoms. The van der Waals surface area contributed by atoms with Crippen LogP contribution in [0.3, 0.4) is 0 Å². The molecule has 0 amide bonds. The van der Waals surface area contributed by atoms with E-state index >= 15 is 0 Å². The van der Waals surface area contributed by atoms with Gasteiger partial charge in [0, 0.05) is 30.4 Å². The zero-order chi connectivity index (χ0) is 11.0. The summed E-state index contributed by atoms with van der Waals surface area (Å²) in [7, 11) is 0. The number of rotatable bonds is 1. The quantitative estimate of drug-likeness (QED) is 0.685. The number of halogens is 1. The number of imidazole rings is 1. The molecule has 3 aromatic rings. The van der Waals surface area contributed by atoms with Gasteiger partial charge in [0.15, 0.2) is 10.3 Å². The van der Waals surface area contributed by atoms with Crippen LogP contribution in [-0.4, -0.2) is 19.4 Å². The first-order valence-electron chi connectivity index (χ1n) is 4.75. The van der Waals surface area contributed by atoms with E-state index in [-0.39, 0.29) is 0 Å². The predicted octanol–water partition coefficient (Wildman–Crippen LogP) is 2.55. The van der Waals surface area contributed by atoms with Crippen molar-refractivity contribution in [3.8, 4) is 11.4 Å². The molecule has 0 aromatic carbocycles. The Hall–Kier alpha value is -1.75. The monoisotopic (exact) mass is 274 g/mol. The van der Waals surface area contributed by atoms with E-state index in [1.165, 1.54) is 0 Å². The molecule has 0 atom stereocenters. The third-order valence-corrected chi connectivity index (χ3v) is 2.81. The molecular weight excluding hydrogens is 268 g/mol. The molecule has 3 aromatic heterocycles. The van der Waals surface area contributed by atoms with E-state index in [1.54, 1.807) is 18.6 Å². The lowest BCUT2D eigenvalue weighted by molar-refractivity contribution is 1.11. The third kappa shape index (κ3) is 1.40. The molecule has 0 spiro atoms. The Morgan fingerprint density at radius 3 is 2.94 bits per heavy atom. The van der Waals surface area contributed by atoms with E-state index in [0.717, 1.165) is 21.6 Å². The van der Waals surface area contributed by atoms with Crippen molar-refractivity contribution in [3.63, 3.8) is 0 Å². The first-order chi connectivity index (χ1) is 7.86. The van der Waals surface area contributed by atoms with Crippen LogP contribution in [-0.2, 0) is 0 Å². The van der Waals surface area contributed by atoms with Gasteiger partial charge in [0.2, 0.25) is 0 Å². The van der Waals surface area contributed by atoms with Crippen LogP contribution in [0.5, 0.6) is 0 Å². The maximum Gasteiger partial charge on any atom is 0.171 e. The number of hydrogen-bond acceptors (Lipinski definition) is 3. The zero-order valence-corrected chi connectivity index (χ0v) is 9.79. The van der Waals surface area contributed by atoms with Crippen molar-refractivity contribution in [1.82, 2.24) is 19.4 Å². The SMILES string of the molecule is Brc1nc(-c2cccnc2)n2cccnc12. The lowest BCUT2D eigenvalue weighted by Gasteiger charge is -1.98. The molecule has 0 bridgehead atoms. The Labute approximate surface area is 100 Å². The molecule has 0 saturated heterocycles. The normalized spacial score (nSPS) is 10.8. The first-order valence-corrected chi connectivity index (χ1v) is 5.54. The highest BCUT2D eigenvalue weighted by atomic mass is 79.9. The summed E-state index contributed by atoms with van der Waals surface area (Å²) in [6.45, 7) is 0. The van der Waals surface area contributed by atoms with Crippen LogP contribution in [0.15, 0.2) is 47.6 Å². The van der Waals surface area contributed by atoms with E-state index in [9.17, 15) is 0 Å². The van der Waals surface area contributed by atoms with Gasteiger partial charge in [0.05, 0.1) is 0 Å². The van der Waals surface area contributed by atoms with E-state index in [1.807, 2.05) is 28.8 Å². The molecule has 0 unspecified atom stereocenters. The van der Waals surface area contributed by atoms with Gasteiger partial charge in [0.25, 0.3) is 0 Å². The molecule has 4 nitrogen and oxygen atoms in total. The molecule has 0 aliphatic heterocycles. The fourth-order valence-electron chi connectivity index (χ4n) is 1.59. The molecule has 0 saturated carbocycles. The second kappa shape index (κ2) is 3.68. The van der Waals surface area contributed by atoms with Crippen molar-refractivity contribution in [2.45, 2.75) is 0 Å². The predicted molar refractivity (Wildman–Crippen MR) is 63.9 cm³/mol. The van der Waals surface area contributed by atoms with Gasteiger partial charge in [-0.3, -0.25) is 9.38 Å². The molecule has 3 heterocycles. The zero-order valence-electron chi connectivity index (χ0n) is 8.21. The van der Waals surface area contributed by atoms with Gasteiger partial charge in [-0.25, -0.2) is 9.97 Å². The van der Waals surface area contributed by atoms with E-state index in [0.29, 0.717) is 0 Å². The van der Waals surface area contributed by atoms with Crippen molar-refractivity contribution in [2.75, 3.05) is 0 Å².